The van der Waals surface area contributed by atoms with Crippen molar-refractivity contribution in [2.24, 2.45) is 0 Å². The summed E-state index contributed by atoms with van der Waals surface area (Å²) in [7, 11) is 0. The van der Waals surface area contributed by atoms with Crippen LogP contribution < -0.4 is 0 Å². The maximum Gasteiger partial charge on any atom is 0.0476 e. The Bertz CT molecular complexity index is 281. The molecule has 0 aromatic heterocycles. The van der Waals surface area contributed by atoms with Crippen molar-refractivity contribution in [1.82, 2.24) is 4.90 Å². The van der Waals surface area contributed by atoms with Crippen molar-refractivity contribution in [1.29, 1.82) is 0 Å². The molecule has 2 unspecified atom stereocenters. The molecule has 1 aromatic rings. The molecule has 0 saturated carbocycles. The minimum atomic E-state index is 0.729. The van der Waals surface area contributed by atoms with Crippen molar-refractivity contribution in [3.63, 3.8) is 0 Å². The van der Waals surface area contributed by atoms with E-state index in [1.54, 1.807) is 0 Å². The standard InChI is InChI=1S/C14H21N/c1-2-3-4-8-11-15-12-14(15)13-9-6-5-7-10-13/h5-7,9-10,14H,2-4,8,11-12H2,1H3. The lowest BCUT2D eigenvalue weighted by molar-refractivity contribution is 0.477. The smallest absolute Gasteiger partial charge is 0.0476 e. The van der Waals surface area contributed by atoms with Gasteiger partial charge in [0.15, 0.2) is 0 Å². The second kappa shape index (κ2) is 5.32. The van der Waals surface area contributed by atoms with Crippen LogP contribution in [0.15, 0.2) is 30.3 Å². The van der Waals surface area contributed by atoms with Crippen LogP contribution in [-0.4, -0.2) is 18.0 Å². The highest BCUT2D eigenvalue weighted by Gasteiger charge is 2.33. The van der Waals surface area contributed by atoms with Crippen LogP contribution in [0.25, 0.3) is 0 Å². The maximum absolute atomic E-state index is 2.57. The largest absolute Gasteiger partial charge is 0.293 e. The first kappa shape index (κ1) is 10.7. The monoisotopic (exact) mass is 203 g/mol. The molecule has 15 heavy (non-hydrogen) atoms. The summed E-state index contributed by atoms with van der Waals surface area (Å²) in [4.78, 5) is 2.57. The van der Waals surface area contributed by atoms with Gasteiger partial charge in [-0.2, -0.15) is 0 Å². The minimum Gasteiger partial charge on any atom is -0.293 e. The molecule has 1 heteroatoms. The zero-order valence-electron chi connectivity index (χ0n) is 9.65. The van der Waals surface area contributed by atoms with Crippen LogP contribution in [0.5, 0.6) is 0 Å². The summed E-state index contributed by atoms with van der Waals surface area (Å²) < 4.78 is 0. The molecule has 0 radical (unpaired) electrons. The fraction of sp³-hybridized carbons (Fsp3) is 0.571. The first-order valence-electron chi connectivity index (χ1n) is 6.21. The van der Waals surface area contributed by atoms with Gasteiger partial charge in [0.1, 0.15) is 0 Å². The quantitative estimate of drug-likeness (QED) is 0.504. The van der Waals surface area contributed by atoms with Crippen molar-refractivity contribution in [2.75, 3.05) is 13.1 Å². The first-order chi connectivity index (χ1) is 7.42. The summed E-state index contributed by atoms with van der Waals surface area (Å²) in [6, 6.07) is 11.6. The molecule has 2 atom stereocenters. The van der Waals surface area contributed by atoms with Gasteiger partial charge in [-0.15, -0.1) is 0 Å². The van der Waals surface area contributed by atoms with Gasteiger partial charge in [0, 0.05) is 12.6 Å². The highest BCUT2D eigenvalue weighted by atomic mass is 15.3. The average Bonchev–Trinajstić information content (AvgIpc) is 3.05. The van der Waals surface area contributed by atoms with Gasteiger partial charge in [-0.25, -0.2) is 0 Å². The number of unbranched alkanes of at least 4 members (excludes halogenated alkanes) is 3. The first-order valence-corrected chi connectivity index (χ1v) is 6.21. The normalized spacial score (nSPS) is 24.1. The lowest BCUT2D eigenvalue weighted by atomic mass is 10.1. The maximum atomic E-state index is 2.57. The fourth-order valence-corrected chi connectivity index (χ4v) is 2.16. The van der Waals surface area contributed by atoms with Gasteiger partial charge in [-0.3, -0.25) is 4.90 Å². The Morgan fingerprint density at radius 2 is 1.93 bits per heavy atom. The van der Waals surface area contributed by atoms with E-state index in [1.165, 1.54) is 44.3 Å². The Morgan fingerprint density at radius 1 is 1.13 bits per heavy atom. The van der Waals surface area contributed by atoms with E-state index in [1.807, 2.05) is 0 Å². The highest BCUT2D eigenvalue weighted by molar-refractivity contribution is 5.23. The number of hydrogen-bond donors (Lipinski definition) is 0. The fourth-order valence-electron chi connectivity index (χ4n) is 2.16. The SMILES string of the molecule is CCCCCCN1CC1c1ccccc1. The van der Waals surface area contributed by atoms with Crippen molar-refractivity contribution in [3.05, 3.63) is 35.9 Å². The van der Waals surface area contributed by atoms with E-state index in [9.17, 15) is 0 Å². The molecule has 1 aliphatic heterocycles. The lowest BCUT2D eigenvalue weighted by Crippen LogP contribution is -2.00. The molecule has 1 fully saturated rings. The molecule has 2 rings (SSSR count). The summed E-state index contributed by atoms with van der Waals surface area (Å²) >= 11 is 0. The number of rotatable bonds is 6. The molecule has 1 aromatic carbocycles. The Balaban J connectivity index is 1.68. The van der Waals surface area contributed by atoms with Gasteiger partial charge in [0.2, 0.25) is 0 Å². The zero-order chi connectivity index (χ0) is 10.5. The molecule has 0 amide bonds. The average molecular weight is 203 g/mol. The van der Waals surface area contributed by atoms with E-state index in [0.29, 0.717) is 0 Å². The van der Waals surface area contributed by atoms with Crippen LogP contribution in [-0.2, 0) is 0 Å². The molecule has 0 spiro atoms. The zero-order valence-corrected chi connectivity index (χ0v) is 9.65. The molecule has 0 N–H and O–H groups in total. The second-order valence-corrected chi connectivity index (χ2v) is 4.48. The Labute approximate surface area is 93.1 Å². The van der Waals surface area contributed by atoms with E-state index >= 15 is 0 Å². The third-order valence-electron chi connectivity index (χ3n) is 3.20. The van der Waals surface area contributed by atoms with Crippen molar-refractivity contribution < 1.29 is 0 Å². The topological polar surface area (TPSA) is 3.01 Å². The van der Waals surface area contributed by atoms with Gasteiger partial charge >= 0.3 is 0 Å². The van der Waals surface area contributed by atoms with Crippen LogP contribution in [0, 0.1) is 0 Å². The van der Waals surface area contributed by atoms with E-state index in [2.05, 4.69) is 42.2 Å². The molecular weight excluding hydrogens is 182 g/mol. The third-order valence-corrected chi connectivity index (χ3v) is 3.20. The van der Waals surface area contributed by atoms with Gasteiger partial charge in [0.25, 0.3) is 0 Å². The van der Waals surface area contributed by atoms with Crippen LogP contribution in [0.1, 0.15) is 44.2 Å². The molecule has 0 aliphatic carbocycles. The summed E-state index contributed by atoms with van der Waals surface area (Å²) in [5.41, 5.74) is 1.49. The summed E-state index contributed by atoms with van der Waals surface area (Å²) in [6.07, 6.45) is 5.50. The summed E-state index contributed by atoms with van der Waals surface area (Å²) in [5.74, 6) is 0. The van der Waals surface area contributed by atoms with Crippen LogP contribution >= 0.6 is 0 Å². The van der Waals surface area contributed by atoms with Crippen LogP contribution in [0.4, 0.5) is 0 Å². The Morgan fingerprint density at radius 3 is 2.67 bits per heavy atom. The Hall–Kier alpha value is -0.820. The molecular formula is C14H21N. The molecule has 1 aliphatic rings. The minimum absolute atomic E-state index is 0.729. The van der Waals surface area contributed by atoms with Crippen molar-refractivity contribution >= 4 is 0 Å². The number of benzene rings is 1. The van der Waals surface area contributed by atoms with E-state index in [4.69, 9.17) is 0 Å². The van der Waals surface area contributed by atoms with Crippen molar-refractivity contribution in [3.8, 4) is 0 Å². The molecule has 1 nitrogen and oxygen atoms in total. The molecule has 1 heterocycles. The third kappa shape index (κ3) is 3.07. The van der Waals surface area contributed by atoms with Gasteiger partial charge < -0.3 is 0 Å². The Kier molecular flexibility index (Phi) is 3.79. The van der Waals surface area contributed by atoms with Gasteiger partial charge in [0.05, 0.1) is 0 Å². The van der Waals surface area contributed by atoms with Crippen molar-refractivity contribution in [2.45, 2.75) is 38.6 Å². The van der Waals surface area contributed by atoms with Crippen LogP contribution in [0.3, 0.4) is 0 Å². The molecule has 1 saturated heterocycles. The van der Waals surface area contributed by atoms with E-state index < -0.39 is 0 Å². The highest BCUT2D eigenvalue weighted by Crippen LogP contribution is 2.34. The predicted molar refractivity (Wildman–Crippen MR) is 64.9 cm³/mol. The number of nitrogens with zero attached hydrogens (tertiary/aromatic N) is 1. The van der Waals surface area contributed by atoms with Gasteiger partial charge in [-0.05, 0) is 18.5 Å². The molecule has 82 valence electrons. The second-order valence-electron chi connectivity index (χ2n) is 4.48. The summed E-state index contributed by atoms with van der Waals surface area (Å²) in [5, 5.41) is 0. The predicted octanol–water partition coefficient (Wildman–Crippen LogP) is 3.62. The van der Waals surface area contributed by atoms with E-state index in [0.717, 1.165) is 6.04 Å². The molecule has 0 bridgehead atoms. The number of hydrogen-bond acceptors (Lipinski definition) is 1. The van der Waals surface area contributed by atoms with E-state index in [-0.39, 0.29) is 0 Å². The lowest BCUT2D eigenvalue weighted by Gasteiger charge is -2.03. The summed E-state index contributed by atoms with van der Waals surface area (Å²) in [6.45, 7) is 4.83. The van der Waals surface area contributed by atoms with Gasteiger partial charge in [-0.1, -0.05) is 56.5 Å². The van der Waals surface area contributed by atoms with Crippen LogP contribution in [0.2, 0.25) is 0 Å².